The van der Waals surface area contributed by atoms with Crippen molar-refractivity contribution in [3.8, 4) is 0 Å². The molecule has 1 aromatic rings. The minimum absolute atomic E-state index is 0.132. The molecular weight excluding hydrogens is 322 g/mol. The summed E-state index contributed by atoms with van der Waals surface area (Å²) in [4.78, 5) is 2.52. The van der Waals surface area contributed by atoms with Crippen molar-refractivity contribution in [1.29, 1.82) is 0 Å². The van der Waals surface area contributed by atoms with Gasteiger partial charge >= 0.3 is 0 Å². The molecule has 0 radical (unpaired) electrons. The van der Waals surface area contributed by atoms with Gasteiger partial charge < -0.3 is 4.90 Å². The van der Waals surface area contributed by atoms with E-state index >= 15 is 0 Å². The quantitative estimate of drug-likeness (QED) is 0.469. The maximum absolute atomic E-state index is 9.79. The van der Waals surface area contributed by atoms with Crippen LogP contribution in [0.4, 0.5) is 5.69 Å². The van der Waals surface area contributed by atoms with Crippen LogP contribution >= 0.6 is 0 Å². The molecule has 0 aliphatic rings. The van der Waals surface area contributed by atoms with E-state index in [1.807, 2.05) is 0 Å². The zero-order valence-corrected chi connectivity index (χ0v) is 16.6. The fourth-order valence-corrected chi connectivity index (χ4v) is 2.90. The number of benzene rings is 1. The summed E-state index contributed by atoms with van der Waals surface area (Å²) in [6.07, 6.45) is 7.07. The van der Waals surface area contributed by atoms with Gasteiger partial charge in [0.15, 0.2) is 0 Å². The Morgan fingerprint density at radius 1 is 0.875 bits per heavy atom. The first-order valence-electron chi connectivity index (χ1n) is 9.10. The lowest BCUT2D eigenvalue weighted by Gasteiger charge is -2.24. The van der Waals surface area contributed by atoms with Crippen LogP contribution in [0.15, 0.2) is 24.3 Å². The van der Waals surface area contributed by atoms with Crippen LogP contribution in [-0.4, -0.2) is 31.8 Å². The normalized spacial score (nSPS) is 10.9. The maximum atomic E-state index is 9.79. The molecule has 4 nitrogen and oxygen atoms in total. The molecule has 0 saturated heterocycles. The van der Waals surface area contributed by atoms with Gasteiger partial charge in [0.2, 0.25) is 0 Å². The van der Waals surface area contributed by atoms with Crippen LogP contribution in [0.3, 0.4) is 0 Å². The van der Waals surface area contributed by atoms with Crippen LogP contribution in [0.5, 0.6) is 0 Å². The van der Waals surface area contributed by atoms with E-state index < -0.39 is 10.1 Å². The fourth-order valence-electron chi connectivity index (χ4n) is 2.38. The van der Waals surface area contributed by atoms with Gasteiger partial charge in [-0.1, -0.05) is 57.7 Å². The van der Waals surface area contributed by atoms with Gasteiger partial charge in [0.25, 0.3) is 10.1 Å². The molecule has 0 atom stereocenters. The summed E-state index contributed by atoms with van der Waals surface area (Å²) in [6, 6.07) is 8.93. The summed E-state index contributed by atoms with van der Waals surface area (Å²) in [5.41, 5.74) is 2.73. The summed E-state index contributed by atoms with van der Waals surface area (Å²) in [5.74, 6) is -0.132. The standard InChI is InChI=1S/C16H27N.C3H8O3S/c1-4-6-7-8-14-17(13-5-2)16-11-9-15(3)10-12-16;1-2-3-7(4,5)6/h9-12H,4-8,13-14H2,1-3H3;2-3H2,1H3,(H,4,5,6). The van der Waals surface area contributed by atoms with Gasteiger partial charge in [0, 0.05) is 18.8 Å². The average molecular weight is 358 g/mol. The molecule has 1 rings (SSSR count). The van der Waals surface area contributed by atoms with Gasteiger partial charge in [-0.25, -0.2) is 0 Å². The van der Waals surface area contributed by atoms with Crippen molar-refractivity contribution in [2.75, 3.05) is 23.7 Å². The number of unbranched alkanes of at least 4 members (excludes halogenated alkanes) is 3. The van der Waals surface area contributed by atoms with E-state index in [0.29, 0.717) is 6.42 Å². The molecule has 0 amide bonds. The Labute approximate surface area is 149 Å². The smallest absolute Gasteiger partial charge is 0.264 e. The highest BCUT2D eigenvalue weighted by atomic mass is 32.2. The molecule has 1 N–H and O–H groups in total. The number of aryl methyl sites for hydroxylation is 1. The number of hydrogen-bond donors (Lipinski definition) is 1. The zero-order chi connectivity index (χ0) is 18.4. The highest BCUT2D eigenvalue weighted by Gasteiger charge is 2.04. The zero-order valence-electron chi connectivity index (χ0n) is 15.8. The Morgan fingerprint density at radius 3 is 1.92 bits per heavy atom. The first-order valence-corrected chi connectivity index (χ1v) is 10.7. The topological polar surface area (TPSA) is 57.6 Å². The second-order valence-electron chi connectivity index (χ2n) is 6.17. The molecule has 0 aromatic heterocycles. The summed E-state index contributed by atoms with van der Waals surface area (Å²) in [6.45, 7) is 10.7. The third kappa shape index (κ3) is 12.4. The van der Waals surface area contributed by atoms with Crippen molar-refractivity contribution >= 4 is 15.8 Å². The maximum Gasteiger partial charge on any atom is 0.264 e. The highest BCUT2D eigenvalue weighted by molar-refractivity contribution is 7.85. The first kappa shape index (κ1) is 22.9. The predicted octanol–water partition coefficient (Wildman–Crippen LogP) is 5.08. The van der Waals surface area contributed by atoms with Gasteiger partial charge in [-0.3, -0.25) is 4.55 Å². The van der Waals surface area contributed by atoms with E-state index in [4.69, 9.17) is 4.55 Å². The van der Waals surface area contributed by atoms with Gasteiger partial charge in [0.1, 0.15) is 0 Å². The SMILES string of the molecule is CCCCCCN(CCC)c1ccc(C)cc1.CCCS(=O)(=O)O. The van der Waals surface area contributed by atoms with E-state index in [-0.39, 0.29) is 5.75 Å². The van der Waals surface area contributed by atoms with Crippen molar-refractivity contribution in [2.45, 2.75) is 66.2 Å². The Bertz CT molecular complexity index is 512. The summed E-state index contributed by atoms with van der Waals surface area (Å²) in [7, 11) is -3.67. The molecular formula is C19H35NO3S. The van der Waals surface area contributed by atoms with Crippen LogP contribution in [0, 0.1) is 6.92 Å². The molecule has 0 saturated carbocycles. The second-order valence-corrected chi connectivity index (χ2v) is 7.74. The van der Waals surface area contributed by atoms with Crippen LogP contribution in [0.2, 0.25) is 0 Å². The second kappa shape index (κ2) is 13.2. The lowest BCUT2D eigenvalue weighted by atomic mass is 10.1. The van der Waals surface area contributed by atoms with Crippen molar-refractivity contribution in [1.82, 2.24) is 0 Å². The van der Waals surface area contributed by atoms with Gasteiger partial charge in [0.05, 0.1) is 5.75 Å². The van der Waals surface area contributed by atoms with Crippen LogP contribution in [-0.2, 0) is 10.1 Å². The molecule has 0 spiro atoms. The average Bonchev–Trinajstić information content (AvgIpc) is 2.51. The Balaban J connectivity index is 0.000000640. The summed E-state index contributed by atoms with van der Waals surface area (Å²) < 4.78 is 27.6. The molecule has 0 aliphatic carbocycles. The van der Waals surface area contributed by atoms with E-state index in [1.54, 1.807) is 6.92 Å². The van der Waals surface area contributed by atoms with Crippen LogP contribution < -0.4 is 4.90 Å². The van der Waals surface area contributed by atoms with E-state index in [2.05, 4.69) is 49.9 Å². The van der Waals surface area contributed by atoms with Gasteiger partial charge in [-0.05, 0) is 38.3 Å². The molecule has 1 aromatic carbocycles. The number of nitrogens with zero attached hydrogens (tertiary/aromatic N) is 1. The third-order valence-corrected chi connectivity index (χ3v) is 4.56. The molecule has 5 heteroatoms. The monoisotopic (exact) mass is 357 g/mol. The molecule has 0 bridgehead atoms. The molecule has 0 unspecified atom stereocenters. The number of rotatable bonds is 10. The van der Waals surface area contributed by atoms with Gasteiger partial charge in [-0.2, -0.15) is 8.42 Å². The number of hydrogen-bond acceptors (Lipinski definition) is 3. The third-order valence-electron chi connectivity index (χ3n) is 3.64. The van der Waals surface area contributed by atoms with Gasteiger partial charge in [-0.15, -0.1) is 0 Å². The van der Waals surface area contributed by atoms with Crippen molar-refractivity contribution < 1.29 is 13.0 Å². The minimum atomic E-state index is -3.67. The Kier molecular flexibility index (Phi) is 12.7. The Hall–Kier alpha value is -1.07. The predicted molar refractivity (Wildman–Crippen MR) is 105 cm³/mol. The van der Waals surface area contributed by atoms with Crippen LogP contribution in [0.1, 0.15) is 64.9 Å². The van der Waals surface area contributed by atoms with E-state index in [9.17, 15) is 8.42 Å². The van der Waals surface area contributed by atoms with E-state index in [1.165, 1.54) is 56.4 Å². The minimum Gasteiger partial charge on any atom is -0.372 e. The Morgan fingerprint density at radius 2 is 1.50 bits per heavy atom. The molecule has 0 aliphatic heterocycles. The highest BCUT2D eigenvalue weighted by Crippen LogP contribution is 2.16. The van der Waals surface area contributed by atoms with Crippen molar-refractivity contribution in [3.63, 3.8) is 0 Å². The lowest BCUT2D eigenvalue weighted by Crippen LogP contribution is -2.25. The lowest BCUT2D eigenvalue weighted by molar-refractivity contribution is 0.482. The molecule has 0 fully saturated rings. The van der Waals surface area contributed by atoms with Crippen LogP contribution in [0.25, 0.3) is 0 Å². The molecule has 140 valence electrons. The molecule has 0 heterocycles. The first-order chi connectivity index (χ1) is 11.3. The summed E-state index contributed by atoms with van der Waals surface area (Å²) >= 11 is 0. The fraction of sp³-hybridized carbons (Fsp3) is 0.684. The van der Waals surface area contributed by atoms with Crippen molar-refractivity contribution in [3.05, 3.63) is 29.8 Å². The van der Waals surface area contributed by atoms with Crippen molar-refractivity contribution in [2.24, 2.45) is 0 Å². The summed E-state index contributed by atoms with van der Waals surface area (Å²) in [5, 5.41) is 0. The molecule has 24 heavy (non-hydrogen) atoms. The number of anilines is 1. The van der Waals surface area contributed by atoms with E-state index in [0.717, 1.165) is 0 Å². The largest absolute Gasteiger partial charge is 0.372 e.